The number of aliphatic hydroxyl groups is 3. The van der Waals surface area contributed by atoms with E-state index in [4.69, 9.17) is 21.1 Å². The minimum absolute atomic E-state index is 0.220. The van der Waals surface area contributed by atoms with Crippen molar-refractivity contribution in [3.05, 3.63) is 53.4 Å². The van der Waals surface area contributed by atoms with Gasteiger partial charge in [-0.25, -0.2) is 31.5 Å². The van der Waals surface area contributed by atoms with Crippen molar-refractivity contribution < 1.29 is 42.0 Å². The fourth-order valence-corrected chi connectivity index (χ4v) is 4.52. The molecule has 0 aliphatic carbocycles. The Labute approximate surface area is 186 Å². The molecule has 1 amide bonds. The molecule has 1 aromatic carbocycles. The number of benzene rings is 1. The lowest BCUT2D eigenvalue weighted by molar-refractivity contribution is -0.419. The van der Waals surface area contributed by atoms with Crippen LogP contribution in [0.2, 0.25) is 0 Å². The summed E-state index contributed by atoms with van der Waals surface area (Å²) in [5.41, 5.74) is 2.97. The molecule has 178 valence electrons. The Morgan fingerprint density at radius 3 is 2.52 bits per heavy atom. The molecule has 15 heteroatoms. The second kappa shape index (κ2) is 8.18. The van der Waals surface area contributed by atoms with E-state index in [9.17, 15) is 22.0 Å². The average Bonchev–Trinajstić information content (AvgIpc) is 2.67. The van der Waals surface area contributed by atoms with E-state index in [-0.39, 0.29) is 17.1 Å². The van der Waals surface area contributed by atoms with Crippen molar-refractivity contribution in [2.24, 2.45) is 10.7 Å². The van der Waals surface area contributed by atoms with Gasteiger partial charge in [0.05, 0.1) is 11.9 Å². The van der Waals surface area contributed by atoms with E-state index in [0.717, 1.165) is 28.7 Å². The third-order valence-electron chi connectivity index (χ3n) is 4.65. The Morgan fingerprint density at radius 1 is 1.30 bits per heavy atom. The monoisotopic (exact) mass is 487 g/mol. The summed E-state index contributed by atoms with van der Waals surface area (Å²) in [5, 5.41) is 28.6. The molecule has 1 aliphatic heterocycles. The maximum atomic E-state index is 14.6. The first-order chi connectivity index (χ1) is 15.1. The van der Waals surface area contributed by atoms with Crippen LogP contribution in [-0.2, 0) is 15.6 Å². The summed E-state index contributed by atoms with van der Waals surface area (Å²) >= 11 is 0. The van der Waals surface area contributed by atoms with Gasteiger partial charge in [0.1, 0.15) is 17.0 Å². The van der Waals surface area contributed by atoms with E-state index in [2.05, 4.69) is 20.0 Å². The average molecular weight is 487 g/mol. The molecule has 2 aromatic rings. The molecule has 1 aromatic heterocycles. The molecule has 0 radical (unpaired) electrons. The molecule has 0 saturated heterocycles. The number of hydrogen-bond acceptors (Lipinski definition) is 10. The van der Waals surface area contributed by atoms with Crippen LogP contribution in [0.4, 0.5) is 14.5 Å². The van der Waals surface area contributed by atoms with E-state index >= 15 is 0 Å². The van der Waals surface area contributed by atoms with Crippen molar-refractivity contribution >= 4 is 27.6 Å². The molecule has 1 aliphatic rings. The van der Waals surface area contributed by atoms with Crippen molar-refractivity contribution in [1.82, 2.24) is 9.29 Å². The van der Waals surface area contributed by atoms with Crippen molar-refractivity contribution in [2.45, 2.75) is 18.6 Å². The predicted octanol–water partition coefficient (Wildman–Crippen LogP) is -0.616. The minimum atomic E-state index is -3.97. The van der Waals surface area contributed by atoms with Crippen LogP contribution < -0.4 is 15.8 Å². The van der Waals surface area contributed by atoms with Gasteiger partial charge in [-0.3, -0.25) is 4.79 Å². The number of guanidine groups is 1. The molecule has 1 atom stereocenters. The number of pyridine rings is 1. The van der Waals surface area contributed by atoms with Crippen LogP contribution in [0.25, 0.3) is 0 Å². The number of ether oxygens (including phenoxy) is 1. The maximum absolute atomic E-state index is 14.6. The Balaban J connectivity index is 1.91. The highest BCUT2D eigenvalue weighted by atomic mass is 32.2. The van der Waals surface area contributed by atoms with E-state index in [0.29, 0.717) is 6.07 Å². The highest BCUT2D eigenvalue weighted by Gasteiger charge is 2.42. The van der Waals surface area contributed by atoms with E-state index in [1.54, 1.807) is 0 Å². The second-order valence-electron chi connectivity index (χ2n) is 7.30. The lowest BCUT2D eigenvalue weighted by atomic mass is 9.93. The summed E-state index contributed by atoms with van der Waals surface area (Å²) in [5.74, 6) is -4.99. The SMILES string of the molecule is CN1C(N)=N[C@](C)(c2cc(NC(=O)c3ccc(OC(O)(O)O)cn3)cc(F)c2F)CS1(=O)=O. The van der Waals surface area contributed by atoms with Crippen molar-refractivity contribution in [2.75, 3.05) is 18.1 Å². The van der Waals surface area contributed by atoms with E-state index in [1.165, 1.54) is 14.0 Å². The van der Waals surface area contributed by atoms with Crippen molar-refractivity contribution in [1.29, 1.82) is 0 Å². The number of aliphatic imine (C=N–C) groups is 1. The number of rotatable bonds is 5. The lowest BCUT2D eigenvalue weighted by Gasteiger charge is -2.34. The zero-order valence-electron chi connectivity index (χ0n) is 17.2. The van der Waals surface area contributed by atoms with Gasteiger partial charge in [-0.2, -0.15) is 0 Å². The number of nitrogens with two attached hydrogens (primary N) is 1. The van der Waals surface area contributed by atoms with Gasteiger partial charge in [-0.1, -0.05) is 0 Å². The summed E-state index contributed by atoms with van der Waals surface area (Å²) < 4.78 is 58.7. The first-order valence-electron chi connectivity index (χ1n) is 9.06. The molecule has 0 bridgehead atoms. The fourth-order valence-electron chi connectivity index (χ4n) is 3.07. The number of nitrogens with zero attached hydrogens (tertiary/aromatic N) is 3. The topological polar surface area (TPSA) is 188 Å². The first-order valence-corrected chi connectivity index (χ1v) is 10.7. The van der Waals surface area contributed by atoms with Crippen LogP contribution in [0.1, 0.15) is 23.0 Å². The molecule has 2 heterocycles. The van der Waals surface area contributed by atoms with Gasteiger partial charge in [0.15, 0.2) is 11.6 Å². The Kier molecular flexibility index (Phi) is 6.01. The van der Waals surface area contributed by atoms with E-state index < -0.39 is 56.5 Å². The van der Waals surface area contributed by atoms with Crippen LogP contribution in [0.3, 0.4) is 0 Å². The standard InChI is InChI=1S/C18H19F2N5O7S/c1-17(8-33(30,31)25(2)16(21)24-17)11-5-9(6-12(19)14(11)20)23-15(26)13-4-3-10(7-22-13)32-18(27,28)29/h3-7,27-29H,8H2,1-2H3,(H2,21,24)(H,23,26)/t17-/m0/s1. The first kappa shape index (κ1) is 24.2. The number of anilines is 1. The van der Waals surface area contributed by atoms with Gasteiger partial charge in [0.2, 0.25) is 16.0 Å². The number of nitrogens with one attached hydrogen (secondary N) is 1. The normalized spacial score (nSPS) is 20.2. The Morgan fingerprint density at radius 2 is 1.97 bits per heavy atom. The van der Waals surface area contributed by atoms with Gasteiger partial charge in [0.25, 0.3) is 5.91 Å². The van der Waals surface area contributed by atoms with Gasteiger partial charge in [0, 0.05) is 24.4 Å². The molecule has 0 unspecified atom stereocenters. The number of sulfonamides is 1. The van der Waals surface area contributed by atoms with Gasteiger partial charge >= 0.3 is 6.16 Å². The molecule has 33 heavy (non-hydrogen) atoms. The fraction of sp³-hybridized carbons (Fsp3) is 0.278. The highest BCUT2D eigenvalue weighted by molar-refractivity contribution is 7.89. The Bertz CT molecular complexity index is 1230. The highest BCUT2D eigenvalue weighted by Crippen LogP contribution is 2.35. The molecule has 12 nitrogen and oxygen atoms in total. The number of halogens is 2. The van der Waals surface area contributed by atoms with Crippen molar-refractivity contribution in [3.8, 4) is 5.75 Å². The van der Waals surface area contributed by atoms with Crippen molar-refractivity contribution in [3.63, 3.8) is 0 Å². The third-order valence-corrected chi connectivity index (χ3v) is 6.60. The largest absolute Gasteiger partial charge is 0.453 e. The third kappa shape index (κ3) is 5.16. The van der Waals surface area contributed by atoms with Gasteiger partial charge in [-0.05, 0) is 25.1 Å². The zero-order chi connectivity index (χ0) is 24.8. The summed E-state index contributed by atoms with van der Waals surface area (Å²) in [7, 11) is -2.79. The quantitative estimate of drug-likeness (QED) is 0.343. The summed E-state index contributed by atoms with van der Waals surface area (Å²) in [6.07, 6.45) is -2.55. The van der Waals surface area contributed by atoms with Crippen LogP contribution in [0.15, 0.2) is 35.5 Å². The summed E-state index contributed by atoms with van der Waals surface area (Å²) in [4.78, 5) is 20.2. The Hall–Kier alpha value is -3.40. The molecule has 6 N–H and O–H groups in total. The summed E-state index contributed by atoms with van der Waals surface area (Å²) in [6, 6.07) is 3.89. The summed E-state index contributed by atoms with van der Waals surface area (Å²) in [6.45, 7) is 1.26. The van der Waals surface area contributed by atoms with Crippen LogP contribution in [0.5, 0.6) is 5.75 Å². The maximum Gasteiger partial charge on any atom is 0.453 e. The van der Waals surface area contributed by atoms with Crippen LogP contribution in [-0.4, -0.2) is 63.9 Å². The van der Waals surface area contributed by atoms with Gasteiger partial charge in [-0.15, -0.1) is 0 Å². The molecular formula is C18H19F2N5O7S. The number of carbonyl (C=O) groups excluding carboxylic acids is 1. The minimum Gasteiger partial charge on any atom is -0.415 e. The number of carbonyl (C=O) groups is 1. The molecule has 0 spiro atoms. The second-order valence-corrected chi connectivity index (χ2v) is 9.30. The predicted molar refractivity (Wildman–Crippen MR) is 109 cm³/mol. The number of amides is 1. The smallest absolute Gasteiger partial charge is 0.415 e. The zero-order valence-corrected chi connectivity index (χ0v) is 18.0. The molecule has 0 fully saturated rings. The lowest BCUT2D eigenvalue weighted by Crippen LogP contribution is -2.50. The van der Waals surface area contributed by atoms with Crippen LogP contribution >= 0.6 is 0 Å². The number of aromatic nitrogens is 1. The van der Waals surface area contributed by atoms with E-state index in [1.807, 2.05) is 0 Å². The molecular weight excluding hydrogens is 468 g/mol. The molecule has 0 saturated carbocycles. The van der Waals surface area contributed by atoms with Gasteiger partial charge < -0.3 is 31.1 Å². The number of hydrogen-bond donors (Lipinski definition) is 5. The molecule has 3 rings (SSSR count). The van der Waals surface area contributed by atoms with Crippen LogP contribution in [0, 0.1) is 11.6 Å².